The Morgan fingerprint density at radius 2 is 2.00 bits per heavy atom. The van der Waals surface area contributed by atoms with Crippen molar-refractivity contribution in [2.75, 3.05) is 20.1 Å². The molecule has 2 aliphatic rings. The Morgan fingerprint density at radius 3 is 2.88 bits per heavy atom. The Balaban J connectivity index is 1.38. The first-order valence-electron chi connectivity index (χ1n) is 12.2. The van der Waals surface area contributed by atoms with Gasteiger partial charge in [0.25, 0.3) is 0 Å². The fourth-order valence-electron chi connectivity index (χ4n) is 5.36. The maximum Gasteiger partial charge on any atom is 0.244 e. The third-order valence-corrected chi connectivity index (χ3v) is 8.28. The second-order valence-electron chi connectivity index (χ2n) is 9.54. The topological polar surface area (TPSA) is 62.0 Å². The summed E-state index contributed by atoms with van der Waals surface area (Å²) in [6.45, 7) is 1.85. The Bertz CT molecular complexity index is 1400. The van der Waals surface area contributed by atoms with Crippen LogP contribution in [0.3, 0.4) is 0 Å². The fraction of sp³-hybridized carbons (Fsp3) is 0.370. The number of benzene rings is 2. The highest BCUT2D eigenvalue weighted by molar-refractivity contribution is 7.17. The summed E-state index contributed by atoms with van der Waals surface area (Å²) in [5.74, 6) is -0.00149. The number of carbonyl (C=O) groups is 1. The monoisotopic (exact) mass is 471 g/mol. The first kappa shape index (κ1) is 21.5. The van der Waals surface area contributed by atoms with Crippen LogP contribution in [0.15, 0.2) is 47.6 Å². The molecule has 1 unspecified atom stereocenters. The number of amides is 1. The van der Waals surface area contributed by atoms with Crippen molar-refractivity contribution < 1.29 is 4.79 Å². The van der Waals surface area contributed by atoms with Crippen LogP contribution in [-0.2, 0) is 17.6 Å². The van der Waals surface area contributed by atoms with E-state index in [-0.39, 0.29) is 11.8 Å². The number of likely N-dealkylation sites (tertiary alicyclic amines) is 1. The number of imidazole rings is 1. The summed E-state index contributed by atoms with van der Waals surface area (Å²) >= 11 is 1.79. The molecule has 2 aromatic heterocycles. The summed E-state index contributed by atoms with van der Waals surface area (Å²) in [6, 6.07) is 14.9. The molecule has 1 aliphatic carbocycles. The Morgan fingerprint density at radius 1 is 1.15 bits per heavy atom. The number of thiazole rings is 1. The number of hydrogen-bond donors (Lipinski definition) is 1. The van der Waals surface area contributed by atoms with E-state index in [4.69, 9.17) is 4.98 Å². The molecule has 0 radical (unpaired) electrons. The second kappa shape index (κ2) is 8.96. The van der Waals surface area contributed by atoms with E-state index in [1.54, 1.807) is 17.6 Å². The molecule has 0 spiro atoms. The molecular formula is C27H29N5OS. The van der Waals surface area contributed by atoms with Crippen molar-refractivity contribution in [2.45, 2.75) is 38.5 Å². The molecule has 1 fully saturated rings. The lowest BCUT2D eigenvalue weighted by atomic mass is 9.98. The number of aromatic nitrogens is 2. The van der Waals surface area contributed by atoms with Crippen LogP contribution in [0.1, 0.15) is 41.9 Å². The van der Waals surface area contributed by atoms with Crippen LogP contribution in [0.25, 0.3) is 27.0 Å². The third kappa shape index (κ3) is 3.93. The first-order chi connectivity index (χ1) is 16.7. The number of hydrazone groups is 1. The van der Waals surface area contributed by atoms with Gasteiger partial charge >= 0.3 is 0 Å². The summed E-state index contributed by atoms with van der Waals surface area (Å²) in [6.07, 6.45) is 8.39. The van der Waals surface area contributed by atoms with Gasteiger partial charge in [0.1, 0.15) is 0 Å². The van der Waals surface area contributed by atoms with Crippen molar-refractivity contribution >= 4 is 39.2 Å². The van der Waals surface area contributed by atoms with Crippen LogP contribution in [0, 0.1) is 5.92 Å². The SMILES string of the molecule is CN1CCCC(C(=O)N/N=C/c2c(-c3ccc4ccccc4c3)nc3sc4c(n23)CCCC4)C1. The number of nitrogens with zero attached hydrogens (tertiary/aromatic N) is 4. The maximum atomic E-state index is 12.7. The minimum atomic E-state index is -0.00442. The minimum absolute atomic E-state index is 0.00293. The van der Waals surface area contributed by atoms with Gasteiger partial charge in [0.2, 0.25) is 5.91 Å². The van der Waals surface area contributed by atoms with Gasteiger partial charge in [0.15, 0.2) is 4.96 Å². The Hall–Kier alpha value is -3.03. The summed E-state index contributed by atoms with van der Waals surface area (Å²) in [5.41, 5.74) is 7.11. The molecule has 1 aliphatic heterocycles. The van der Waals surface area contributed by atoms with Crippen molar-refractivity contribution in [1.29, 1.82) is 0 Å². The van der Waals surface area contributed by atoms with Gasteiger partial charge in [-0.3, -0.25) is 9.20 Å². The second-order valence-corrected chi connectivity index (χ2v) is 10.6. The fourth-order valence-corrected chi connectivity index (χ4v) is 6.57. The number of fused-ring (bicyclic) bond motifs is 4. The van der Waals surface area contributed by atoms with Gasteiger partial charge in [-0.2, -0.15) is 5.10 Å². The molecule has 3 heterocycles. The highest BCUT2D eigenvalue weighted by Crippen LogP contribution is 2.35. The van der Waals surface area contributed by atoms with E-state index >= 15 is 0 Å². The van der Waals surface area contributed by atoms with E-state index in [0.717, 1.165) is 60.7 Å². The summed E-state index contributed by atoms with van der Waals surface area (Å²) in [5, 5.41) is 6.85. The van der Waals surface area contributed by atoms with Crippen LogP contribution >= 0.6 is 11.3 Å². The normalized spacial score (nSPS) is 19.1. The molecule has 4 aromatic rings. The van der Waals surface area contributed by atoms with Crippen molar-refractivity contribution in [3.63, 3.8) is 0 Å². The Kier molecular flexibility index (Phi) is 5.67. The van der Waals surface area contributed by atoms with E-state index in [1.165, 1.54) is 34.2 Å². The van der Waals surface area contributed by atoms with E-state index in [1.807, 2.05) is 0 Å². The van der Waals surface area contributed by atoms with Crippen LogP contribution in [0.5, 0.6) is 0 Å². The number of rotatable bonds is 4. The van der Waals surface area contributed by atoms with Crippen LogP contribution in [0.2, 0.25) is 0 Å². The quantitative estimate of drug-likeness (QED) is 0.341. The zero-order valence-corrected chi connectivity index (χ0v) is 20.3. The number of piperidine rings is 1. The Labute approximate surface area is 203 Å². The number of nitrogens with one attached hydrogen (secondary N) is 1. The van der Waals surface area contributed by atoms with Crippen molar-refractivity contribution in [1.82, 2.24) is 19.7 Å². The molecule has 34 heavy (non-hydrogen) atoms. The van der Waals surface area contributed by atoms with Gasteiger partial charge in [-0.1, -0.05) is 36.4 Å². The molecule has 1 amide bonds. The molecule has 2 aromatic carbocycles. The number of aryl methyl sites for hydroxylation is 2. The highest BCUT2D eigenvalue weighted by Gasteiger charge is 2.25. The van der Waals surface area contributed by atoms with E-state index in [2.05, 4.69) is 69.3 Å². The van der Waals surface area contributed by atoms with Gasteiger partial charge < -0.3 is 4.90 Å². The average molecular weight is 472 g/mol. The van der Waals surface area contributed by atoms with Gasteiger partial charge in [0, 0.05) is 22.7 Å². The van der Waals surface area contributed by atoms with Gasteiger partial charge in [-0.25, -0.2) is 10.4 Å². The molecule has 0 bridgehead atoms. The van der Waals surface area contributed by atoms with Gasteiger partial charge in [-0.05, 0) is 69.0 Å². The smallest absolute Gasteiger partial charge is 0.244 e. The van der Waals surface area contributed by atoms with E-state index in [9.17, 15) is 4.79 Å². The van der Waals surface area contributed by atoms with E-state index in [0.29, 0.717) is 0 Å². The molecule has 1 N–H and O–H groups in total. The molecule has 6 nitrogen and oxygen atoms in total. The largest absolute Gasteiger partial charge is 0.306 e. The van der Waals surface area contributed by atoms with Crippen molar-refractivity contribution in [3.05, 3.63) is 58.7 Å². The third-order valence-electron chi connectivity index (χ3n) is 7.14. The molecular weight excluding hydrogens is 442 g/mol. The molecule has 7 heteroatoms. The summed E-state index contributed by atoms with van der Waals surface area (Å²) in [4.78, 5) is 22.5. The van der Waals surface area contributed by atoms with Crippen LogP contribution in [-0.4, -0.2) is 46.5 Å². The molecule has 0 saturated carbocycles. The maximum absolute atomic E-state index is 12.7. The van der Waals surface area contributed by atoms with Crippen LogP contribution < -0.4 is 5.43 Å². The average Bonchev–Trinajstić information content (AvgIpc) is 3.40. The minimum Gasteiger partial charge on any atom is -0.306 e. The number of carbonyl (C=O) groups excluding carboxylic acids is 1. The van der Waals surface area contributed by atoms with E-state index < -0.39 is 0 Å². The lowest BCUT2D eigenvalue weighted by molar-refractivity contribution is -0.126. The zero-order chi connectivity index (χ0) is 23.1. The lowest BCUT2D eigenvalue weighted by Crippen LogP contribution is -2.40. The van der Waals surface area contributed by atoms with Crippen molar-refractivity contribution in [3.8, 4) is 11.3 Å². The van der Waals surface area contributed by atoms with Crippen LogP contribution in [0.4, 0.5) is 0 Å². The molecule has 1 saturated heterocycles. The number of hydrogen-bond acceptors (Lipinski definition) is 5. The molecule has 6 rings (SSSR count). The standard InChI is InChI=1S/C27H29N5OS/c1-31-14-6-9-21(17-31)26(33)30-28-16-23-25(20-13-12-18-7-2-3-8-19(18)15-20)29-27-32(23)22-10-4-5-11-24(22)34-27/h2-3,7-8,12-13,15-16,21H,4-6,9-11,14,17H2,1H3,(H,30,33)/b28-16+. The summed E-state index contributed by atoms with van der Waals surface area (Å²) in [7, 11) is 2.07. The predicted octanol–water partition coefficient (Wildman–Crippen LogP) is 4.89. The molecule has 174 valence electrons. The van der Waals surface area contributed by atoms with Gasteiger partial charge in [0.05, 0.1) is 23.5 Å². The lowest BCUT2D eigenvalue weighted by Gasteiger charge is -2.28. The highest BCUT2D eigenvalue weighted by atomic mass is 32.1. The van der Waals surface area contributed by atoms with Crippen molar-refractivity contribution in [2.24, 2.45) is 11.0 Å². The van der Waals surface area contributed by atoms with Gasteiger partial charge in [-0.15, -0.1) is 11.3 Å². The first-order valence-corrected chi connectivity index (χ1v) is 13.0. The predicted molar refractivity (Wildman–Crippen MR) is 139 cm³/mol. The molecule has 1 atom stereocenters. The summed E-state index contributed by atoms with van der Waals surface area (Å²) < 4.78 is 2.27. The zero-order valence-electron chi connectivity index (χ0n) is 19.5.